The first-order valence-electron chi connectivity index (χ1n) is 5.94. The molecule has 1 aliphatic heterocycles. The third kappa shape index (κ3) is 4.61. The highest BCUT2D eigenvalue weighted by Gasteiger charge is 2.26. The van der Waals surface area contributed by atoms with Gasteiger partial charge in [-0.05, 0) is 13.3 Å². The molecule has 0 aromatic heterocycles. The molecule has 0 bridgehead atoms. The summed E-state index contributed by atoms with van der Waals surface area (Å²) < 4.78 is 4.40. The van der Waals surface area contributed by atoms with Crippen molar-refractivity contribution in [2.45, 2.75) is 25.8 Å². The van der Waals surface area contributed by atoms with Crippen LogP contribution in [0.25, 0.3) is 0 Å². The number of aliphatic carboxylic acids is 1. The van der Waals surface area contributed by atoms with Crippen molar-refractivity contribution < 1.29 is 24.2 Å². The maximum atomic E-state index is 11.9. The standard InChI is InChI=1S/C12H18N2O5/c1-8-3-5-14(6-4-8)12(18)13-9(11(16)17)7-10(15)19-2/h3,9H,4-7H2,1-2H3,(H,13,18)(H,16,17)/t9-/m0/s1. The lowest BCUT2D eigenvalue weighted by atomic mass is 10.1. The molecule has 7 nitrogen and oxygen atoms in total. The number of methoxy groups -OCH3 is 1. The van der Waals surface area contributed by atoms with E-state index in [0.29, 0.717) is 13.1 Å². The Kier molecular flexibility index (Phi) is 5.35. The van der Waals surface area contributed by atoms with E-state index >= 15 is 0 Å². The quantitative estimate of drug-likeness (QED) is 0.568. The van der Waals surface area contributed by atoms with Crippen LogP contribution in [-0.2, 0) is 14.3 Å². The van der Waals surface area contributed by atoms with Gasteiger partial charge in [-0.25, -0.2) is 9.59 Å². The Morgan fingerprint density at radius 1 is 1.53 bits per heavy atom. The van der Waals surface area contributed by atoms with Gasteiger partial charge in [0.05, 0.1) is 13.5 Å². The summed E-state index contributed by atoms with van der Waals surface area (Å²) in [5, 5.41) is 11.3. The fourth-order valence-electron chi connectivity index (χ4n) is 1.65. The van der Waals surface area contributed by atoms with E-state index in [2.05, 4.69) is 10.1 Å². The molecule has 0 saturated heterocycles. The number of amides is 2. The van der Waals surface area contributed by atoms with Crippen LogP contribution in [0, 0.1) is 0 Å². The molecule has 1 heterocycles. The zero-order valence-corrected chi connectivity index (χ0v) is 11.0. The van der Waals surface area contributed by atoms with Crippen molar-refractivity contribution in [2.24, 2.45) is 0 Å². The molecule has 0 aromatic carbocycles. The number of carbonyl (C=O) groups excluding carboxylic acids is 2. The van der Waals surface area contributed by atoms with Crippen molar-refractivity contribution in [1.82, 2.24) is 10.2 Å². The normalized spacial score (nSPS) is 16.3. The summed E-state index contributed by atoms with van der Waals surface area (Å²) in [5.41, 5.74) is 1.20. The van der Waals surface area contributed by atoms with Gasteiger partial charge >= 0.3 is 18.0 Å². The van der Waals surface area contributed by atoms with Gasteiger partial charge in [0.1, 0.15) is 6.04 Å². The number of urea groups is 1. The lowest BCUT2D eigenvalue weighted by Gasteiger charge is -2.27. The third-order valence-electron chi connectivity index (χ3n) is 2.92. The maximum absolute atomic E-state index is 11.9. The van der Waals surface area contributed by atoms with Gasteiger partial charge in [0.2, 0.25) is 0 Å². The lowest BCUT2D eigenvalue weighted by Crippen LogP contribution is -2.49. The van der Waals surface area contributed by atoms with Crippen molar-refractivity contribution in [2.75, 3.05) is 20.2 Å². The number of nitrogens with one attached hydrogen (secondary N) is 1. The molecular weight excluding hydrogens is 252 g/mol. The average Bonchev–Trinajstić information content (AvgIpc) is 2.38. The highest BCUT2D eigenvalue weighted by molar-refractivity contribution is 5.86. The lowest BCUT2D eigenvalue weighted by molar-refractivity contribution is -0.147. The van der Waals surface area contributed by atoms with Crippen LogP contribution in [0.1, 0.15) is 19.8 Å². The molecule has 19 heavy (non-hydrogen) atoms. The topological polar surface area (TPSA) is 95.9 Å². The third-order valence-corrected chi connectivity index (χ3v) is 2.92. The first-order valence-corrected chi connectivity index (χ1v) is 5.94. The summed E-state index contributed by atoms with van der Waals surface area (Å²) in [4.78, 5) is 35.4. The number of hydrogen-bond donors (Lipinski definition) is 2. The van der Waals surface area contributed by atoms with Gasteiger partial charge in [-0.1, -0.05) is 11.6 Å². The Hall–Kier alpha value is -2.05. The van der Waals surface area contributed by atoms with E-state index in [-0.39, 0.29) is 6.42 Å². The first kappa shape index (κ1) is 15.0. The van der Waals surface area contributed by atoms with Gasteiger partial charge in [0, 0.05) is 13.1 Å². The van der Waals surface area contributed by atoms with E-state index < -0.39 is 24.0 Å². The number of hydrogen-bond acceptors (Lipinski definition) is 4. The van der Waals surface area contributed by atoms with Gasteiger partial charge in [0.15, 0.2) is 0 Å². The SMILES string of the molecule is COC(=O)C[C@H](NC(=O)N1CC=C(C)CC1)C(=O)O. The van der Waals surface area contributed by atoms with E-state index in [4.69, 9.17) is 5.11 Å². The molecule has 0 radical (unpaired) electrons. The Balaban J connectivity index is 2.57. The molecule has 7 heteroatoms. The van der Waals surface area contributed by atoms with Crippen LogP contribution in [0.3, 0.4) is 0 Å². The number of carbonyl (C=O) groups is 3. The van der Waals surface area contributed by atoms with Crippen LogP contribution >= 0.6 is 0 Å². The molecule has 0 aromatic rings. The van der Waals surface area contributed by atoms with Crippen LogP contribution in [0.5, 0.6) is 0 Å². The summed E-state index contributed by atoms with van der Waals surface area (Å²) in [7, 11) is 1.17. The number of esters is 1. The fourth-order valence-corrected chi connectivity index (χ4v) is 1.65. The number of rotatable bonds is 4. The summed E-state index contributed by atoms with van der Waals surface area (Å²) in [6, 6.07) is -1.76. The van der Waals surface area contributed by atoms with E-state index in [1.165, 1.54) is 17.6 Å². The molecule has 0 unspecified atom stereocenters. The minimum absolute atomic E-state index is 0.389. The van der Waals surface area contributed by atoms with Gasteiger partial charge in [0.25, 0.3) is 0 Å². The summed E-state index contributed by atoms with van der Waals surface area (Å²) >= 11 is 0. The highest BCUT2D eigenvalue weighted by Crippen LogP contribution is 2.09. The second-order valence-corrected chi connectivity index (χ2v) is 4.37. The predicted molar refractivity (Wildman–Crippen MR) is 66.5 cm³/mol. The molecule has 0 aliphatic carbocycles. The molecule has 0 saturated carbocycles. The van der Waals surface area contributed by atoms with Gasteiger partial charge in [-0.2, -0.15) is 0 Å². The Labute approximate surface area is 111 Å². The number of carboxylic acids is 1. The molecule has 1 aliphatic rings. The highest BCUT2D eigenvalue weighted by atomic mass is 16.5. The predicted octanol–water partition coefficient (Wildman–Crippen LogP) is 0.364. The Morgan fingerprint density at radius 3 is 2.68 bits per heavy atom. The monoisotopic (exact) mass is 270 g/mol. The minimum Gasteiger partial charge on any atom is -0.480 e. The van der Waals surface area contributed by atoms with Gasteiger partial charge in [-0.15, -0.1) is 0 Å². The Morgan fingerprint density at radius 2 is 2.21 bits per heavy atom. The van der Waals surface area contributed by atoms with Crippen LogP contribution in [0.4, 0.5) is 4.79 Å². The fraction of sp³-hybridized carbons (Fsp3) is 0.583. The number of nitrogens with zero attached hydrogens (tertiary/aromatic N) is 1. The van der Waals surface area contributed by atoms with Crippen molar-refractivity contribution in [3.8, 4) is 0 Å². The van der Waals surface area contributed by atoms with E-state index in [9.17, 15) is 14.4 Å². The molecule has 2 N–H and O–H groups in total. The van der Waals surface area contributed by atoms with Crippen molar-refractivity contribution in [3.63, 3.8) is 0 Å². The minimum atomic E-state index is -1.27. The molecule has 106 valence electrons. The van der Waals surface area contributed by atoms with E-state index in [1.807, 2.05) is 13.0 Å². The number of carboxylic acid groups (broad SMARTS) is 1. The molecular formula is C12H18N2O5. The van der Waals surface area contributed by atoms with Crippen LogP contribution in [-0.4, -0.2) is 54.2 Å². The molecule has 0 fully saturated rings. The molecule has 2 amide bonds. The maximum Gasteiger partial charge on any atom is 0.326 e. The average molecular weight is 270 g/mol. The largest absolute Gasteiger partial charge is 0.480 e. The second kappa shape index (κ2) is 6.77. The number of ether oxygens (including phenoxy) is 1. The van der Waals surface area contributed by atoms with E-state index in [0.717, 1.165) is 6.42 Å². The van der Waals surface area contributed by atoms with Crippen molar-refractivity contribution >= 4 is 18.0 Å². The van der Waals surface area contributed by atoms with Crippen molar-refractivity contribution in [1.29, 1.82) is 0 Å². The molecule has 1 rings (SSSR count). The second-order valence-electron chi connectivity index (χ2n) is 4.37. The van der Waals surface area contributed by atoms with Crippen LogP contribution in [0.15, 0.2) is 11.6 Å². The van der Waals surface area contributed by atoms with Gasteiger partial charge < -0.3 is 20.1 Å². The van der Waals surface area contributed by atoms with E-state index in [1.54, 1.807) is 0 Å². The zero-order valence-electron chi connectivity index (χ0n) is 11.0. The molecule has 1 atom stereocenters. The first-order chi connectivity index (χ1) is 8.93. The smallest absolute Gasteiger partial charge is 0.326 e. The van der Waals surface area contributed by atoms with Crippen molar-refractivity contribution in [3.05, 3.63) is 11.6 Å². The van der Waals surface area contributed by atoms with Crippen LogP contribution in [0.2, 0.25) is 0 Å². The zero-order chi connectivity index (χ0) is 14.4. The van der Waals surface area contributed by atoms with Gasteiger partial charge in [-0.3, -0.25) is 4.79 Å². The Bertz CT molecular complexity index is 405. The summed E-state index contributed by atoms with van der Waals surface area (Å²) in [6.45, 7) is 2.97. The summed E-state index contributed by atoms with van der Waals surface area (Å²) in [6.07, 6.45) is 2.29. The summed E-state index contributed by atoms with van der Waals surface area (Å²) in [5.74, 6) is -1.94. The van der Waals surface area contributed by atoms with Crippen LogP contribution < -0.4 is 5.32 Å². The molecule has 0 spiro atoms.